The van der Waals surface area contributed by atoms with Crippen molar-refractivity contribution in [3.63, 3.8) is 0 Å². The third-order valence-corrected chi connectivity index (χ3v) is 4.20. The maximum atomic E-state index is 11.8. The lowest BCUT2D eigenvalue weighted by Crippen LogP contribution is -2.42. The van der Waals surface area contributed by atoms with Gasteiger partial charge in [-0.1, -0.05) is 19.1 Å². The summed E-state index contributed by atoms with van der Waals surface area (Å²) in [6.07, 6.45) is 2.21. The zero-order valence-corrected chi connectivity index (χ0v) is 13.6. The van der Waals surface area contributed by atoms with E-state index in [2.05, 4.69) is 12.2 Å². The molecular formula is C17H25N3O3. The van der Waals surface area contributed by atoms with Gasteiger partial charge >= 0.3 is 6.09 Å². The Morgan fingerprint density at radius 2 is 1.91 bits per heavy atom. The number of hydrogen-bond acceptors (Lipinski definition) is 4. The van der Waals surface area contributed by atoms with Crippen LogP contribution >= 0.6 is 0 Å². The average Bonchev–Trinajstić information content (AvgIpc) is 2.60. The van der Waals surface area contributed by atoms with Gasteiger partial charge in [0.1, 0.15) is 0 Å². The number of nitrogens with one attached hydrogen (secondary N) is 1. The quantitative estimate of drug-likeness (QED) is 0.869. The van der Waals surface area contributed by atoms with Crippen molar-refractivity contribution in [3.8, 4) is 0 Å². The first-order valence-electron chi connectivity index (χ1n) is 8.13. The first-order chi connectivity index (χ1) is 11.1. The predicted octanol–water partition coefficient (Wildman–Crippen LogP) is 1.99. The van der Waals surface area contributed by atoms with Gasteiger partial charge in [-0.3, -0.25) is 10.1 Å². The summed E-state index contributed by atoms with van der Waals surface area (Å²) in [5, 5.41) is 2.73. The van der Waals surface area contributed by atoms with Gasteiger partial charge in [-0.15, -0.1) is 0 Å². The number of likely N-dealkylation sites (tertiary alicyclic amines) is 1. The standard InChI is InChI=1S/C17H25N3O3/c1-2-13-3-5-15(6-4-13)19-17(22)23-12-14-7-9-20(10-8-14)16(21)11-18/h3-6,14H,2,7-12,18H2,1H3,(H,19,22). The molecule has 6 heteroatoms. The van der Waals surface area contributed by atoms with E-state index < -0.39 is 6.09 Å². The number of anilines is 1. The molecule has 1 saturated heterocycles. The highest BCUT2D eigenvalue weighted by Gasteiger charge is 2.22. The van der Waals surface area contributed by atoms with Crippen LogP contribution in [0.4, 0.5) is 10.5 Å². The summed E-state index contributed by atoms with van der Waals surface area (Å²) in [7, 11) is 0. The molecule has 0 bridgehead atoms. The fourth-order valence-corrected chi connectivity index (χ4v) is 2.65. The Kier molecular flexibility index (Phi) is 6.40. The fraction of sp³-hybridized carbons (Fsp3) is 0.529. The number of carbonyl (C=O) groups is 2. The van der Waals surface area contributed by atoms with Crippen LogP contribution in [0.3, 0.4) is 0 Å². The van der Waals surface area contributed by atoms with E-state index in [-0.39, 0.29) is 12.5 Å². The Morgan fingerprint density at radius 1 is 1.26 bits per heavy atom. The summed E-state index contributed by atoms with van der Waals surface area (Å²) in [6.45, 7) is 3.89. The van der Waals surface area contributed by atoms with Crippen LogP contribution in [0.2, 0.25) is 0 Å². The molecular weight excluding hydrogens is 294 g/mol. The topological polar surface area (TPSA) is 84.7 Å². The number of aryl methyl sites for hydroxylation is 1. The molecule has 1 aromatic rings. The zero-order chi connectivity index (χ0) is 16.7. The molecule has 6 nitrogen and oxygen atoms in total. The molecule has 0 spiro atoms. The molecule has 1 aromatic carbocycles. The zero-order valence-electron chi connectivity index (χ0n) is 13.6. The summed E-state index contributed by atoms with van der Waals surface area (Å²) >= 11 is 0. The average molecular weight is 319 g/mol. The van der Waals surface area contributed by atoms with E-state index in [1.807, 2.05) is 24.3 Å². The monoisotopic (exact) mass is 319 g/mol. The van der Waals surface area contributed by atoms with Crippen LogP contribution < -0.4 is 11.1 Å². The molecule has 23 heavy (non-hydrogen) atoms. The SMILES string of the molecule is CCc1ccc(NC(=O)OCC2CCN(C(=O)CN)CC2)cc1. The van der Waals surface area contributed by atoms with Crippen LogP contribution in [0, 0.1) is 5.92 Å². The second kappa shape index (κ2) is 8.53. The molecule has 2 amide bonds. The van der Waals surface area contributed by atoms with Crippen LogP contribution in [-0.2, 0) is 16.0 Å². The third kappa shape index (κ3) is 5.25. The van der Waals surface area contributed by atoms with E-state index in [4.69, 9.17) is 10.5 Å². The van der Waals surface area contributed by atoms with Crippen molar-refractivity contribution in [3.05, 3.63) is 29.8 Å². The number of nitrogens with zero attached hydrogens (tertiary/aromatic N) is 1. The van der Waals surface area contributed by atoms with Crippen LogP contribution in [0.1, 0.15) is 25.3 Å². The third-order valence-electron chi connectivity index (χ3n) is 4.20. The van der Waals surface area contributed by atoms with Gasteiger partial charge in [-0.25, -0.2) is 4.79 Å². The summed E-state index contributed by atoms with van der Waals surface area (Å²) < 4.78 is 5.29. The Morgan fingerprint density at radius 3 is 2.48 bits per heavy atom. The van der Waals surface area contributed by atoms with Crippen LogP contribution in [0.25, 0.3) is 0 Å². The van der Waals surface area contributed by atoms with E-state index >= 15 is 0 Å². The van der Waals surface area contributed by atoms with Gasteiger partial charge < -0.3 is 15.4 Å². The normalized spacial score (nSPS) is 15.3. The minimum absolute atomic E-state index is 0.0161. The second-order valence-electron chi connectivity index (χ2n) is 5.80. The molecule has 1 fully saturated rings. The molecule has 1 aliphatic heterocycles. The Labute approximate surface area is 137 Å². The molecule has 0 radical (unpaired) electrons. The van der Waals surface area contributed by atoms with E-state index in [0.717, 1.165) is 24.9 Å². The van der Waals surface area contributed by atoms with Gasteiger partial charge in [0.15, 0.2) is 0 Å². The van der Waals surface area contributed by atoms with Crippen LogP contribution in [0.15, 0.2) is 24.3 Å². The summed E-state index contributed by atoms with van der Waals surface area (Å²) in [4.78, 5) is 25.1. The number of hydrogen-bond donors (Lipinski definition) is 2. The van der Waals surface area contributed by atoms with Gasteiger partial charge in [-0.2, -0.15) is 0 Å². The maximum absolute atomic E-state index is 11.8. The van der Waals surface area contributed by atoms with Crippen molar-refractivity contribution in [2.75, 3.05) is 31.6 Å². The smallest absolute Gasteiger partial charge is 0.411 e. The summed E-state index contributed by atoms with van der Waals surface area (Å²) in [6, 6.07) is 7.72. The van der Waals surface area contributed by atoms with Crippen molar-refractivity contribution >= 4 is 17.7 Å². The van der Waals surface area contributed by atoms with E-state index in [1.165, 1.54) is 5.56 Å². The largest absolute Gasteiger partial charge is 0.449 e. The molecule has 2 rings (SSSR count). The molecule has 0 saturated carbocycles. The number of nitrogens with two attached hydrogens (primary N) is 1. The van der Waals surface area contributed by atoms with E-state index in [9.17, 15) is 9.59 Å². The molecule has 0 aliphatic carbocycles. The number of carbonyl (C=O) groups excluding carboxylic acids is 2. The highest BCUT2D eigenvalue weighted by Crippen LogP contribution is 2.18. The van der Waals surface area contributed by atoms with E-state index in [0.29, 0.717) is 25.6 Å². The number of amides is 2. The lowest BCUT2D eigenvalue weighted by molar-refractivity contribution is -0.131. The van der Waals surface area contributed by atoms with Gasteiger partial charge in [0, 0.05) is 18.8 Å². The summed E-state index contributed by atoms with van der Waals surface area (Å²) in [5.41, 5.74) is 7.32. The van der Waals surface area contributed by atoms with Crippen LogP contribution in [0.5, 0.6) is 0 Å². The highest BCUT2D eigenvalue weighted by atomic mass is 16.5. The summed E-state index contributed by atoms with van der Waals surface area (Å²) in [5.74, 6) is 0.280. The first-order valence-corrected chi connectivity index (χ1v) is 8.13. The highest BCUT2D eigenvalue weighted by molar-refractivity contribution is 5.84. The van der Waals surface area contributed by atoms with Gasteiger partial charge in [-0.05, 0) is 42.9 Å². The lowest BCUT2D eigenvalue weighted by Gasteiger charge is -2.31. The van der Waals surface area contributed by atoms with Crippen LogP contribution in [-0.4, -0.2) is 43.1 Å². The van der Waals surface area contributed by atoms with Crippen molar-refractivity contribution < 1.29 is 14.3 Å². The van der Waals surface area contributed by atoms with Gasteiger partial charge in [0.25, 0.3) is 0 Å². The molecule has 3 N–H and O–H groups in total. The Balaban J connectivity index is 1.69. The van der Waals surface area contributed by atoms with Crippen molar-refractivity contribution in [2.45, 2.75) is 26.2 Å². The Bertz CT molecular complexity index is 522. The fourth-order valence-electron chi connectivity index (χ4n) is 2.65. The maximum Gasteiger partial charge on any atom is 0.411 e. The molecule has 1 heterocycles. The number of rotatable bonds is 5. The number of benzene rings is 1. The van der Waals surface area contributed by atoms with Crippen molar-refractivity contribution in [1.29, 1.82) is 0 Å². The Hall–Kier alpha value is -2.08. The molecule has 0 atom stereocenters. The number of piperidine rings is 1. The van der Waals surface area contributed by atoms with Gasteiger partial charge in [0.05, 0.1) is 13.2 Å². The molecule has 0 aromatic heterocycles. The minimum atomic E-state index is -0.435. The lowest BCUT2D eigenvalue weighted by atomic mass is 9.98. The van der Waals surface area contributed by atoms with E-state index in [1.54, 1.807) is 4.90 Å². The molecule has 126 valence electrons. The first kappa shape index (κ1) is 17.3. The predicted molar refractivity (Wildman–Crippen MR) is 89.1 cm³/mol. The molecule has 0 unspecified atom stereocenters. The molecule has 1 aliphatic rings. The van der Waals surface area contributed by atoms with Gasteiger partial charge in [0.2, 0.25) is 5.91 Å². The van der Waals surface area contributed by atoms with Crippen molar-refractivity contribution in [2.24, 2.45) is 11.7 Å². The number of ether oxygens (including phenoxy) is 1. The van der Waals surface area contributed by atoms with Crippen molar-refractivity contribution in [1.82, 2.24) is 4.90 Å². The second-order valence-corrected chi connectivity index (χ2v) is 5.80. The minimum Gasteiger partial charge on any atom is -0.449 e.